The van der Waals surface area contributed by atoms with Crippen molar-refractivity contribution in [3.8, 4) is 0 Å². The zero-order valence-electron chi connectivity index (χ0n) is 16.3. The molecule has 0 bridgehead atoms. The zero-order valence-corrected chi connectivity index (χ0v) is 17.1. The van der Waals surface area contributed by atoms with Gasteiger partial charge in [-0.3, -0.25) is 19.2 Å². The summed E-state index contributed by atoms with van der Waals surface area (Å²) in [5.41, 5.74) is 0.921. The Labute approximate surface area is 168 Å². The molecule has 2 rings (SSSR count). The van der Waals surface area contributed by atoms with Gasteiger partial charge in [0.1, 0.15) is 11.9 Å². The fourth-order valence-electron chi connectivity index (χ4n) is 2.89. The van der Waals surface area contributed by atoms with Crippen LogP contribution in [-0.4, -0.2) is 31.5 Å². The summed E-state index contributed by atoms with van der Waals surface area (Å²) in [6.45, 7) is 3.34. The summed E-state index contributed by atoms with van der Waals surface area (Å²) < 4.78 is 39.0. The van der Waals surface area contributed by atoms with Gasteiger partial charge in [-0.1, -0.05) is 25.1 Å². The van der Waals surface area contributed by atoms with Crippen LogP contribution in [0.5, 0.6) is 0 Å². The molecule has 0 heterocycles. The highest BCUT2D eigenvalue weighted by atomic mass is 32.2. The number of sulfonamides is 1. The number of nitro groups is 1. The number of halogens is 1. The molecule has 0 saturated carbocycles. The third kappa shape index (κ3) is 5.50. The lowest BCUT2D eigenvalue weighted by atomic mass is 10.1. The van der Waals surface area contributed by atoms with E-state index in [0.717, 1.165) is 16.6 Å². The SMILES string of the molecule is CC[C@H](C(=O)NCc1ccc(F)cc1)N(c1cc([N+](=O)[O-])ccc1C)S(C)(=O)=O. The molecule has 1 amide bonds. The Morgan fingerprint density at radius 1 is 1.24 bits per heavy atom. The van der Waals surface area contributed by atoms with E-state index in [-0.39, 0.29) is 24.3 Å². The number of non-ortho nitro benzene ring substituents is 1. The lowest BCUT2D eigenvalue weighted by molar-refractivity contribution is -0.384. The molecule has 1 N–H and O–H groups in total. The summed E-state index contributed by atoms with van der Waals surface area (Å²) in [6.07, 6.45) is 1.09. The van der Waals surface area contributed by atoms with E-state index in [0.29, 0.717) is 11.1 Å². The number of benzene rings is 2. The second-order valence-corrected chi connectivity index (χ2v) is 8.41. The lowest BCUT2D eigenvalue weighted by Gasteiger charge is -2.31. The average molecular weight is 423 g/mol. The first kappa shape index (κ1) is 22.3. The molecule has 0 saturated heterocycles. The molecule has 2 aromatic rings. The quantitative estimate of drug-likeness (QED) is 0.519. The van der Waals surface area contributed by atoms with Crippen LogP contribution in [0.3, 0.4) is 0 Å². The fourth-order valence-corrected chi connectivity index (χ4v) is 4.15. The maximum absolute atomic E-state index is 13.0. The van der Waals surface area contributed by atoms with Gasteiger partial charge in [0.15, 0.2) is 0 Å². The van der Waals surface area contributed by atoms with Gasteiger partial charge >= 0.3 is 0 Å². The molecule has 2 aromatic carbocycles. The highest BCUT2D eigenvalue weighted by Crippen LogP contribution is 2.30. The second kappa shape index (κ2) is 8.99. The van der Waals surface area contributed by atoms with Gasteiger partial charge in [0, 0.05) is 18.7 Å². The molecule has 0 radical (unpaired) electrons. The molecule has 0 aromatic heterocycles. The predicted octanol–water partition coefficient (Wildman–Crippen LogP) is 2.90. The molecule has 0 fully saturated rings. The van der Waals surface area contributed by atoms with Gasteiger partial charge in [-0.15, -0.1) is 0 Å². The minimum atomic E-state index is -3.93. The number of amides is 1. The van der Waals surface area contributed by atoms with Crippen LogP contribution in [0, 0.1) is 22.9 Å². The van der Waals surface area contributed by atoms with Gasteiger partial charge in [0.25, 0.3) is 5.69 Å². The number of carbonyl (C=O) groups excluding carboxylic acids is 1. The predicted molar refractivity (Wildman–Crippen MR) is 107 cm³/mol. The molecular weight excluding hydrogens is 401 g/mol. The fraction of sp³-hybridized carbons (Fsp3) is 0.316. The van der Waals surface area contributed by atoms with Crippen LogP contribution in [0.25, 0.3) is 0 Å². The second-order valence-electron chi connectivity index (χ2n) is 6.56. The third-order valence-corrected chi connectivity index (χ3v) is 5.52. The van der Waals surface area contributed by atoms with Crippen molar-refractivity contribution in [3.05, 3.63) is 69.5 Å². The van der Waals surface area contributed by atoms with Crippen LogP contribution in [0.2, 0.25) is 0 Å². The monoisotopic (exact) mass is 423 g/mol. The van der Waals surface area contributed by atoms with Crippen LogP contribution in [0.15, 0.2) is 42.5 Å². The molecule has 0 unspecified atom stereocenters. The van der Waals surface area contributed by atoms with Crippen molar-refractivity contribution < 1.29 is 22.5 Å². The van der Waals surface area contributed by atoms with Crippen molar-refractivity contribution in [2.24, 2.45) is 0 Å². The summed E-state index contributed by atoms with van der Waals surface area (Å²) in [5, 5.41) is 13.8. The molecule has 156 valence electrons. The van der Waals surface area contributed by atoms with Gasteiger partial charge in [0.05, 0.1) is 16.9 Å². The molecule has 8 nitrogen and oxygen atoms in total. The Bertz CT molecular complexity index is 1010. The number of carbonyl (C=O) groups is 1. The van der Waals surface area contributed by atoms with E-state index in [1.807, 2.05) is 0 Å². The van der Waals surface area contributed by atoms with Crippen molar-refractivity contribution >= 4 is 27.3 Å². The number of hydrogen-bond acceptors (Lipinski definition) is 5. The maximum atomic E-state index is 13.0. The molecule has 29 heavy (non-hydrogen) atoms. The zero-order chi connectivity index (χ0) is 21.8. The van der Waals surface area contributed by atoms with Crippen molar-refractivity contribution in [3.63, 3.8) is 0 Å². The summed E-state index contributed by atoms with van der Waals surface area (Å²) in [7, 11) is -3.93. The molecule has 0 aliphatic rings. The minimum absolute atomic E-state index is 0.0745. The van der Waals surface area contributed by atoms with Crippen LogP contribution in [0.1, 0.15) is 24.5 Å². The van der Waals surface area contributed by atoms with Gasteiger partial charge in [-0.25, -0.2) is 12.8 Å². The van der Waals surface area contributed by atoms with E-state index >= 15 is 0 Å². The standard InChI is InChI=1S/C19H22FN3O5S/c1-4-17(19(24)21-12-14-6-8-15(20)9-7-14)22(29(3,27)28)18-11-16(23(25)26)10-5-13(18)2/h5-11,17H,4,12H2,1-3H3,(H,21,24)/t17-/m1/s1. The van der Waals surface area contributed by atoms with E-state index in [1.54, 1.807) is 13.8 Å². The number of nitrogens with one attached hydrogen (secondary N) is 1. The third-order valence-electron chi connectivity index (χ3n) is 4.35. The molecule has 1 atom stereocenters. The average Bonchev–Trinajstić information content (AvgIpc) is 2.65. The van der Waals surface area contributed by atoms with Crippen LogP contribution in [0.4, 0.5) is 15.8 Å². The Balaban J connectivity index is 2.37. The summed E-state index contributed by atoms with van der Waals surface area (Å²) in [5.74, 6) is -0.968. The van der Waals surface area contributed by atoms with E-state index in [4.69, 9.17) is 0 Å². The number of nitrogens with zero attached hydrogens (tertiary/aromatic N) is 2. The van der Waals surface area contributed by atoms with Gasteiger partial charge in [-0.05, 0) is 36.6 Å². The van der Waals surface area contributed by atoms with Crippen LogP contribution < -0.4 is 9.62 Å². The van der Waals surface area contributed by atoms with E-state index in [1.165, 1.54) is 36.4 Å². The first-order valence-electron chi connectivity index (χ1n) is 8.81. The first-order valence-corrected chi connectivity index (χ1v) is 10.7. The normalized spacial score (nSPS) is 12.3. The highest BCUT2D eigenvalue weighted by Gasteiger charge is 2.33. The van der Waals surface area contributed by atoms with Crippen molar-refractivity contribution in [2.75, 3.05) is 10.6 Å². The van der Waals surface area contributed by atoms with Gasteiger partial charge < -0.3 is 5.32 Å². The number of rotatable bonds is 8. The topological polar surface area (TPSA) is 110 Å². The van der Waals surface area contributed by atoms with Gasteiger partial charge in [-0.2, -0.15) is 0 Å². The number of hydrogen-bond donors (Lipinski definition) is 1. The molecule has 0 aliphatic carbocycles. The Morgan fingerprint density at radius 2 is 1.86 bits per heavy atom. The molecular formula is C19H22FN3O5S. The van der Waals surface area contributed by atoms with Crippen molar-refractivity contribution in [1.82, 2.24) is 5.32 Å². The Morgan fingerprint density at radius 3 is 2.38 bits per heavy atom. The van der Waals surface area contributed by atoms with Crippen LogP contribution in [-0.2, 0) is 21.4 Å². The lowest BCUT2D eigenvalue weighted by Crippen LogP contribution is -2.49. The van der Waals surface area contributed by atoms with E-state index in [9.17, 15) is 27.7 Å². The van der Waals surface area contributed by atoms with Crippen molar-refractivity contribution in [2.45, 2.75) is 32.9 Å². The number of nitro benzene ring substituents is 1. The Hall–Kier alpha value is -3.01. The van der Waals surface area contributed by atoms with E-state index in [2.05, 4.69) is 5.32 Å². The maximum Gasteiger partial charge on any atom is 0.271 e. The largest absolute Gasteiger partial charge is 0.350 e. The molecule has 10 heteroatoms. The number of anilines is 1. The number of aryl methyl sites for hydroxylation is 1. The smallest absolute Gasteiger partial charge is 0.271 e. The summed E-state index contributed by atoms with van der Waals surface area (Å²) in [4.78, 5) is 23.3. The van der Waals surface area contributed by atoms with Gasteiger partial charge in [0.2, 0.25) is 15.9 Å². The minimum Gasteiger partial charge on any atom is -0.350 e. The summed E-state index contributed by atoms with van der Waals surface area (Å²) in [6, 6.07) is 8.29. The first-order chi connectivity index (χ1) is 13.5. The Kier molecular flexibility index (Phi) is 6.91. The summed E-state index contributed by atoms with van der Waals surface area (Å²) >= 11 is 0. The highest BCUT2D eigenvalue weighted by molar-refractivity contribution is 7.92. The van der Waals surface area contributed by atoms with Crippen molar-refractivity contribution in [1.29, 1.82) is 0 Å². The van der Waals surface area contributed by atoms with Crippen LogP contribution >= 0.6 is 0 Å². The molecule has 0 aliphatic heterocycles. The van der Waals surface area contributed by atoms with E-state index < -0.39 is 32.7 Å². The molecule has 0 spiro atoms.